The first-order chi connectivity index (χ1) is 11.9. The van der Waals surface area contributed by atoms with Gasteiger partial charge in [-0.05, 0) is 26.7 Å². The molecule has 1 heterocycles. The highest BCUT2D eigenvalue weighted by atomic mass is 16.5. The molecular formula is C19H32N2O4. The molecule has 1 rings (SSSR count). The Bertz CT molecular complexity index is 474. The van der Waals surface area contributed by atoms with Gasteiger partial charge >= 0.3 is 12.0 Å². The number of hydrogen-bond acceptors (Lipinski definition) is 4. The van der Waals surface area contributed by atoms with Gasteiger partial charge in [0.05, 0.1) is 6.61 Å². The lowest BCUT2D eigenvalue weighted by Crippen LogP contribution is -2.40. The first-order valence-corrected chi connectivity index (χ1v) is 9.32. The minimum atomic E-state index is -0.763. The molecule has 1 aliphatic heterocycles. The molecule has 1 fully saturated rings. The Balaban J connectivity index is 1.91. The molecule has 142 valence electrons. The Morgan fingerprint density at radius 1 is 1.04 bits per heavy atom. The summed E-state index contributed by atoms with van der Waals surface area (Å²) in [5, 5.41) is 2.70. The molecule has 0 aromatic heterocycles. The fourth-order valence-electron chi connectivity index (χ4n) is 2.86. The Labute approximate surface area is 151 Å². The van der Waals surface area contributed by atoms with Gasteiger partial charge < -0.3 is 10.1 Å². The number of carbonyl (C=O) groups excluding carboxylic acids is 3. The molecule has 1 saturated heterocycles. The number of rotatable bonds is 13. The Morgan fingerprint density at radius 3 is 2.04 bits per heavy atom. The summed E-state index contributed by atoms with van der Waals surface area (Å²) in [6.45, 7) is 7.81. The van der Waals surface area contributed by atoms with Crippen molar-refractivity contribution >= 4 is 17.9 Å². The van der Waals surface area contributed by atoms with E-state index in [2.05, 4.69) is 11.9 Å². The van der Waals surface area contributed by atoms with Crippen LogP contribution in [0.25, 0.3) is 0 Å². The third-order valence-corrected chi connectivity index (χ3v) is 4.38. The van der Waals surface area contributed by atoms with Crippen molar-refractivity contribution in [3.63, 3.8) is 0 Å². The molecule has 25 heavy (non-hydrogen) atoms. The van der Waals surface area contributed by atoms with Crippen LogP contribution in [0.4, 0.5) is 4.79 Å². The van der Waals surface area contributed by atoms with E-state index >= 15 is 0 Å². The van der Waals surface area contributed by atoms with Crippen molar-refractivity contribution < 1.29 is 19.1 Å². The number of esters is 1. The number of imide groups is 1. The van der Waals surface area contributed by atoms with Crippen LogP contribution < -0.4 is 5.32 Å². The van der Waals surface area contributed by atoms with E-state index in [1.165, 1.54) is 30.2 Å². The number of urea groups is 1. The van der Waals surface area contributed by atoms with E-state index < -0.39 is 5.54 Å². The molecule has 0 spiro atoms. The highest BCUT2D eigenvalue weighted by Gasteiger charge is 2.43. The maximum Gasteiger partial charge on any atom is 0.330 e. The van der Waals surface area contributed by atoms with Crippen molar-refractivity contribution in [2.45, 2.75) is 77.2 Å². The second kappa shape index (κ2) is 10.9. The van der Waals surface area contributed by atoms with Gasteiger partial charge in [-0.15, -0.1) is 0 Å². The quantitative estimate of drug-likeness (QED) is 0.238. The van der Waals surface area contributed by atoms with Crippen LogP contribution in [0.2, 0.25) is 0 Å². The summed E-state index contributed by atoms with van der Waals surface area (Å²) in [4.78, 5) is 35.9. The minimum Gasteiger partial charge on any atom is -0.463 e. The average molecular weight is 352 g/mol. The van der Waals surface area contributed by atoms with E-state index in [1.807, 2.05) is 0 Å². The smallest absolute Gasteiger partial charge is 0.330 e. The predicted octanol–water partition coefficient (Wildman–Crippen LogP) is 3.56. The molecule has 0 bridgehead atoms. The Hall–Kier alpha value is -1.85. The fourth-order valence-corrected chi connectivity index (χ4v) is 2.86. The third-order valence-electron chi connectivity index (χ3n) is 4.38. The lowest BCUT2D eigenvalue weighted by Gasteiger charge is -2.15. The molecule has 0 saturated carbocycles. The van der Waals surface area contributed by atoms with E-state index in [9.17, 15) is 14.4 Å². The largest absolute Gasteiger partial charge is 0.463 e. The number of unbranched alkanes of at least 4 members (excludes halogenated alkanes) is 8. The SMILES string of the molecule is C=CC(=O)OCCCCCCCCCCCN1C(=O)NC(C)(C)C1=O. The van der Waals surface area contributed by atoms with Crippen LogP contribution >= 0.6 is 0 Å². The summed E-state index contributed by atoms with van der Waals surface area (Å²) in [5.74, 6) is -0.479. The summed E-state index contributed by atoms with van der Waals surface area (Å²) in [6, 6.07) is -0.270. The first kappa shape index (κ1) is 21.2. The number of hydrogen-bond donors (Lipinski definition) is 1. The van der Waals surface area contributed by atoms with Gasteiger partial charge in [0.25, 0.3) is 5.91 Å². The van der Waals surface area contributed by atoms with Crippen molar-refractivity contribution in [2.24, 2.45) is 0 Å². The van der Waals surface area contributed by atoms with Crippen LogP contribution in [0.1, 0.15) is 71.6 Å². The molecule has 3 amide bonds. The van der Waals surface area contributed by atoms with E-state index in [4.69, 9.17) is 4.74 Å². The van der Waals surface area contributed by atoms with Crippen LogP contribution in [0.15, 0.2) is 12.7 Å². The van der Waals surface area contributed by atoms with Crippen molar-refractivity contribution in [1.82, 2.24) is 10.2 Å². The number of ether oxygens (including phenoxy) is 1. The zero-order chi connectivity index (χ0) is 18.7. The highest BCUT2D eigenvalue weighted by molar-refractivity contribution is 6.06. The average Bonchev–Trinajstić information content (AvgIpc) is 2.76. The zero-order valence-electron chi connectivity index (χ0n) is 15.6. The number of nitrogens with one attached hydrogen (secondary N) is 1. The maximum absolute atomic E-state index is 12.0. The summed E-state index contributed by atoms with van der Waals surface area (Å²) in [6.07, 6.45) is 10.9. The van der Waals surface area contributed by atoms with Gasteiger partial charge in [-0.3, -0.25) is 9.69 Å². The number of nitrogens with zero attached hydrogens (tertiary/aromatic N) is 1. The van der Waals surface area contributed by atoms with E-state index in [1.54, 1.807) is 13.8 Å². The Kier molecular flexibility index (Phi) is 9.24. The van der Waals surface area contributed by atoms with Gasteiger partial charge in [0.15, 0.2) is 0 Å². The van der Waals surface area contributed by atoms with Crippen molar-refractivity contribution in [3.05, 3.63) is 12.7 Å². The van der Waals surface area contributed by atoms with Crippen LogP contribution in [0.5, 0.6) is 0 Å². The molecule has 0 atom stereocenters. The van der Waals surface area contributed by atoms with E-state index in [0.29, 0.717) is 13.2 Å². The summed E-state index contributed by atoms with van der Waals surface area (Å²) in [7, 11) is 0. The van der Waals surface area contributed by atoms with Gasteiger partial charge in [-0.25, -0.2) is 9.59 Å². The van der Waals surface area contributed by atoms with Crippen LogP contribution in [0.3, 0.4) is 0 Å². The van der Waals surface area contributed by atoms with Crippen LogP contribution in [0, 0.1) is 0 Å². The monoisotopic (exact) mass is 352 g/mol. The standard InChI is InChI=1S/C19H32N2O4/c1-4-16(22)25-15-13-11-9-7-5-6-8-10-12-14-21-17(23)19(2,3)20-18(21)24/h4H,1,5-15H2,2-3H3,(H,20,24). The lowest BCUT2D eigenvalue weighted by atomic mass is 10.1. The molecule has 0 aromatic carbocycles. The molecule has 6 heteroatoms. The number of carbonyl (C=O) groups is 3. The molecule has 0 radical (unpaired) electrons. The highest BCUT2D eigenvalue weighted by Crippen LogP contribution is 2.17. The van der Waals surface area contributed by atoms with Crippen LogP contribution in [-0.2, 0) is 14.3 Å². The molecule has 0 aromatic rings. The molecule has 6 nitrogen and oxygen atoms in total. The Morgan fingerprint density at radius 2 is 1.56 bits per heavy atom. The van der Waals surface area contributed by atoms with Gasteiger partial charge in [0.1, 0.15) is 5.54 Å². The molecule has 0 aliphatic carbocycles. The molecule has 0 unspecified atom stereocenters. The lowest BCUT2D eigenvalue weighted by molar-refractivity contribution is -0.137. The predicted molar refractivity (Wildman–Crippen MR) is 97.0 cm³/mol. The third kappa shape index (κ3) is 7.71. The normalized spacial score (nSPS) is 16.0. The fraction of sp³-hybridized carbons (Fsp3) is 0.737. The first-order valence-electron chi connectivity index (χ1n) is 9.32. The second-order valence-electron chi connectivity index (χ2n) is 7.07. The molecule has 1 aliphatic rings. The van der Waals surface area contributed by atoms with E-state index in [-0.39, 0.29) is 17.9 Å². The maximum atomic E-state index is 12.0. The topological polar surface area (TPSA) is 75.7 Å². The van der Waals surface area contributed by atoms with E-state index in [0.717, 1.165) is 38.5 Å². The van der Waals surface area contributed by atoms with Gasteiger partial charge in [-0.1, -0.05) is 51.5 Å². The van der Waals surface area contributed by atoms with Gasteiger partial charge in [0.2, 0.25) is 0 Å². The van der Waals surface area contributed by atoms with Crippen molar-refractivity contribution in [3.8, 4) is 0 Å². The summed E-state index contributed by atoms with van der Waals surface area (Å²) >= 11 is 0. The van der Waals surface area contributed by atoms with Gasteiger partial charge in [-0.2, -0.15) is 0 Å². The second-order valence-corrected chi connectivity index (χ2v) is 7.07. The number of amides is 3. The molecule has 1 N–H and O–H groups in total. The summed E-state index contributed by atoms with van der Waals surface area (Å²) in [5.41, 5.74) is -0.763. The summed E-state index contributed by atoms with van der Waals surface area (Å²) < 4.78 is 4.92. The minimum absolute atomic E-state index is 0.128. The van der Waals surface area contributed by atoms with Gasteiger partial charge in [0, 0.05) is 12.6 Å². The van der Waals surface area contributed by atoms with Crippen LogP contribution in [-0.4, -0.2) is 41.5 Å². The van der Waals surface area contributed by atoms with Crippen molar-refractivity contribution in [2.75, 3.05) is 13.2 Å². The zero-order valence-corrected chi connectivity index (χ0v) is 15.6. The molecular weight excluding hydrogens is 320 g/mol. The van der Waals surface area contributed by atoms with Crippen molar-refractivity contribution in [1.29, 1.82) is 0 Å².